The molecule has 0 radical (unpaired) electrons. The number of methoxy groups -OCH3 is 1. The molecule has 37 heavy (non-hydrogen) atoms. The fraction of sp³-hybridized carbons (Fsp3) is 0.172. The highest BCUT2D eigenvalue weighted by atomic mass is 16.5. The lowest BCUT2D eigenvalue weighted by Gasteiger charge is -2.14. The van der Waals surface area contributed by atoms with Gasteiger partial charge in [-0.3, -0.25) is 4.79 Å². The van der Waals surface area contributed by atoms with E-state index in [0.717, 1.165) is 18.4 Å². The third-order valence-electron chi connectivity index (χ3n) is 6.20. The number of hydrogen-bond acceptors (Lipinski definition) is 6. The summed E-state index contributed by atoms with van der Waals surface area (Å²) in [6.07, 6.45) is 3.30. The van der Waals surface area contributed by atoms with Gasteiger partial charge in [0.15, 0.2) is 5.65 Å². The molecule has 2 heterocycles. The van der Waals surface area contributed by atoms with Crippen LogP contribution in [0.15, 0.2) is 84.0 Å². The fourth-order valence-corrected chi connectivity index (χ4v) is 4.23. The Kier molecular flexibility index (Phi) is 6.81. The summed E-state index contributed by atoms with van der Waals surface area (Å²) in [6.45, 7) is 1.98. The third-order valence-corrected chi connectivity index (χ3v) is 6.20. The van der Waals surface area contributed by atoms with Crippen molar-refractivity contribution in [2.24, 2.45) is 5.10 Å². The molecule has 8 nitrogen and oxygen atoms in total. The molecule has 2 aromatic heterocycles. The number of nitrogens with one attached hydrogen (secondary N) is 1. The van der Waals surface area contributed by atoms with Crippen molar-refractivity contribution in [3.63, 3.8) is 0 Å². The molecule has 1 amide bonds. The number of anilines is 1. The van der Waals surface area contributed by atoms with Crippen LogP contribution in [0.4, 0.5) is 5.82 Å². The van der Waals surface area contributed by atoms with Crippen molar-refractivity contribution in [1.82, 2.24) is 20.0 Å². The van der Waals surface area contributed by atoms with E-state index in [-0.39, 0.29) is 23.3 Å². The van der Waals surface area contributed by atoms with E-state index >= 15 is 0 Å². The van der Waals surface area contributed by atoms with E-state index < -0.39 is 0 Å². The number of nitrogen functional groups attached to an aromatic ring is 1. The number of fused-ring (bicyclic) bond motifs is 2. The number of nitrogens with two attached hydrogens (primary N) is 1. The standard InChI is InChI=1S/C29H28N6O2/c1-19(15-16-20-9-4-3-5-10-20)32-29(36)25-26-28(34-24-14-7-6-13-23(24)33-26)35(27(25)30)31-18-21-11-8-12-22(17-21)37-2/h3-14,17-19H,15-16,30H2,1-2H3,(H,32,36). The van der Waals surface area contributed by atoms with Gasteiger partial charge in [0.05, 0.1) is 24.4 Å². The summed E-state index contributed by atoms with van der Waals surface area (Å²) in [4.78, 5) is 23.0. The Bertz CT molecular complexity index is 1590. The first-order valence-corrected chi connectivity index (χ1v) is 12.1. The van der Waals surface area contributed by atoms with Crippen LogP contribution in [0.2, 0.25) is 0 Å². The molecule has 3 aromatic carbocycles. The number of aromatic nitrogens is 3. The van der Waals surface area contributed by atoms with Crippen LogP contribution in [0.25, 0.3) is 22.2 Å². The monoisotopic (exact) mass is 492 g/mol. The summed E-state index contributed by atoms with van der Waals surface area (Å²) >= 11 is 0. The second kappa shape index (κ2) is 10.5. The molecular formula is C29H28N6O2. The van der Waals surface area contributed by atoms with Gasteiger partial charge in [-0.2, -0.15) is 9.78 Å². The van der Waals surface area contributed by atoms with Crippen molar-refractivity contribution in [1.29, 1.82) is 0 Å². The molecule has 0 saturated heterocycles. The lowest BCUT2D eigenvalue weighted by Crippen LogP contribution is -2.33. The SMILES string of the molecule is COc1cccc(C=Nn2c(N)c(C(=O)NC(C)CCc3ccccc3)c3nc4ccccc4nc32)c1. The van der Waals surface area contributed by atoms with Crippen LogP contribution in [0, 0.1) is 0 Å². The summed E-state index contributed by atoms with van der Waals surface area (Å²) in [5.41, 5.74) is 11.0. The van der Waals surface area contributed by atoms with Gasteiger partial charge in [0.25, 0.3) is 5.91 Å². The van der Waals surface area contributed by atoms with E-state index in [2.05, 4.69) is 22.6 Å². The number of rotatable bonds is 8. The zero-order valence-corrected chi connectivity index (χ0v) is 20.8. The highest BCUT2D eigenvalue weighted by Crippen LogP contribution is 2.28. The van der Waals surface area contributed by atoms with Gasteiger partial charge in [-0.05, 0) is 55.2 Å². The molecule has 8 heteroatoms. The van der Waals surface area contributed by atoms with Crippen LogP contribution >= 0.6 is 0 Å². The first kappa shape index (κ1) is 24.0. The van der Waals surface area contributed by atoms with Crippen molar-refractivity contribution in [2.75, 3.05) is 12.8 Å². The van der Waals surface area contributed by atoms with E-state index in [1.165, 1.54) is 10.2 Å². The Morgan fingerprint density at radius 2 is 1.78 bits per heavy atom. The Balaban J connectivity index is 1.50. The normalized spacial score (nSPS) is 12.3. The smallest absolute Gasteiger partial charge is 0.257 e. The molecule has 5 aromatic rings. The van der Waals surface area contributed by atoms with Gasteiger partial charge in [-0.1, -0.05) is 54.6 Å². The Hall–Kier alpha value is -4.72. The molecule has 186 valence electrons. The van der Waals surface area contributed by atoms with Gasteiger partial charge < -0.3 is 15.8 Å². The van der Waals surface area contributed by atoms with E-state index in [4.69, 9.17) is 20.4 Å². The molecule has 0 fully saturated rings. The van der Waals surface area contributed by atoms with E-state index in [9.17, 15) is 4.79 Å². The van der Waals surface area contributed by atoms with Gasteiger partial charge in [0, 0.05) is 6.04 Å². The summed E-state index contributed by atoms with van der Waals surface area (Å²) in [7, 11) is 1.61. The molecule has 0 aliphatic heterocycles. The van der Waals surface area contributed by atoms with Crippen LogP contribution in [-0.4, -0.2) is 39.9 Å². The van der Waals surface area contributed by atoms with Crippen LogP contribution in [0.5, 0.6) is 5.75 Å². The van der Waals surface area contributed by atoms with E-state index in [1.807, 2.05) is 73.7 Å². The number of aryl methyl sites for hydroxylation is 1. The van der Waals surface area contributed by atoms with Crippen molar-refractivity contribution in [3.8, 4) is 5.75 Å². The van der Waals surface area contributed by atoms with E-state index in [1.54, 1.807) is 13.3 Å². The molecule has 0 bridgehead atoms. The predicted molar refractivity (Wildman–Crippen MR) is 147 cm³/mol. The number of para-hydroxylation sites is 2. The summed E-state index contributed by atoms with van der Waals surface area (Å²) in [5.74, 6) is 0.588. The molecule has 0 aliphatic carbocycles. The number of carbonyl (C=O) groups excluding carboxylic acids is 1. The maximum absolute atomic E-state index is 13.5. The van der Waals surface area contributed by atoms with E-state index in [0.29, 0.717) is 27.9 Å². The minimum atomic E-state index is -0.303. The highest BCUT2D eigenvalue weighted by Gasteiger charge is 2.25. The highest BCUT2D eigenvalue weighted by molar-refractivity contribution is 6.10. The van der Waals surface area contributed by atoms with Gasteiger partial charge >= 0.3 is 0 Å². The zero-order chi connectivity index (χ0) is 25.8. The molecule has 3 N–H and O–H groups in total. The van der Waals surface area contributed by atoms with Crippen LogP contribution < -0.4 is 15.8 Å². The number of carbonyl (C=O) groups is 1. The number of hydrogen-bond donors (Lipinski definition) is 2. The molecule has 1 atom stereocenters. The third kappa shape index (κ3) is 5.13. The fourth-order valence-electron chi connectivity index (χ4n) is 4.23. The second-order valence-corrected chi connectivity index (χ2v) is 8.88. The van der Waals surface area contributed by atoms with Crippen molar-refractivity contribution < 1.29 is 9.53 Å². The minimum absolute atomic E-state index is 0.0702. The lowest BCUT2D eigenvalue weighted by atomic mass is 10.1. The maximum atomic E-state index is 13.5. The average molecular weight is 493 g/mol. The molecule has 0 aliphatic rings. The Morgan fingerprint density at radius 1 is 1.05 bits per heavy atom. The summed E-state index contributed by atoms with van der Waals surface area (Å²) < 4.78 is 6.77. The first-order valence-electron chi connectivity index (χ1n) is 12.1. The maximum Gasteiger partial charge on any atom is 0.257 e. The van der Waals surface area contributed by atoms with Crippen LogP contribution in [0.3, 0.4) is 0 Å². The lowest BCUT2D eigenvalue weighted by molar-refractivity contribution is 0.0940. The molecule has 0 spiro atoms. The first-order chi connectivity index (χ1) is 18.0. The largest absolute Gasteiger partial charge is 0.497 e. The van der Waals surface area contributed by atoms with Crippen LogP contribution in [0.1, 0.15) is 34.8 Å². The molecule has 1 unspecified atom stereocenters. The van der Waals surface area contributed by atoms with Gasteiger partial charge in [0.2, 0.25) is 0 Å². The zero-order valence-electron chi connectivity index (χ0n) is 20.8. The number of benzene rings is 3. The molecular weight excluding hydrogens is 464 g/mol. The number of nitrogens with zero attached hydrogens (tertiary/aromatic N) is 4. The number of amides is 1. The molecule has 0 saturated carbocycles. The van der Waals surface area contributed by atoms with Gasteiger partial charge in [0.1, 0.15) is 22.6 Å². The topological polar surface area (TPSA) is 107 Å². The van der Waals surface area contributed by atoms with Gasteiger partial charge in [-0.25, -0.2) is 9.97 Å². The predicted octanol–water partition coefficient (Wildman–Crippen LogP) is 4.81. The molecule has 5 rings (SSSR count). The average Bonchev–Trinajstić information content (AvgIpc) is 3.19. The second-order valence-electron chi connectivity index (χ2n) is 8.88. The Morgan fingerprint density at radius 3 is 2.54 bits per heavy atom. The Labute approximate surface area is 214 Å². The van der Waals surface area contributed by atoms with Gasteiger partial charge in [-0.15, -0.1) is 0 Å². The quantitative estimate of drug-likeness (QED) is 0.302. The summed E-state index contributed by atoms with van der Waals surface area (Å²) in [5, 5.41) is 7.65. The minimum Gasteiger partial charge on any atom is -0.497 e. The van der Waals surface area contributed by atoms with Crippen molar-refractivity contribution >= 4 is 40.1 Å². The summed E-state index contributed by atoms with van der Waals surface area (Å²) in [6, 6.07) is 25.1. The van der Waals surface area contributed by atoms with Crippen molar-refractivity contribution in [3.05, 3.63) is 95.6 Å². The van der Waals surface area contributed by atoms with Crippen LogP contribution in [-0.2, 0) is 6.42 Å². The number of ether oxygens (including phenoxy) is 1. The van der Waals surface area contributed by atoms with Crippen molar-refractivity contribution in [2.45, 2.75) is 25.8 Å².